The van der Waals surface area contributed by atoms with Crippen LogP contribution >= 0.6 is 0 Å². The van der Waals surface area contributed by atoms with Crippen molar-refractivity contribution in [3.63, 3.8) is 0 Å². The summed E-state index contributed by atoms with van der Waals surface area (Å²) in [5.41, 5.74) is 2.14. The number of hydrogen-bond acceptors (Lipinski definition) is 5. The molecule has 1 aliphatic rings. The van der Waals surface area contributed by atoms with Crippen molar-refractivity contribution in [1.29, 1.82) is 0 Å². The Morgan fingerprint density at radius 3 is 2.88 bits per heavy atom. The molecule has 0 spiro atoms. The predicted molar refractivity (Wildman–Crippen MR) is 96.6 cm³/mol. The van der Waals surface area contributed by atoms with Gasteiger partial charge in [0, 0.05) is 25.5 Å². The van der Waals surface area contributed by atoms with Gasteiger partial charge in [-0.05, 0) is 49.9 Å². The molecule has 0 saturated carbocycles. The van der Waals surface area contributed by atoms with E-state index < -0.39 is 0 Å². The lowest BCUT2D eigenvalue weighted by Gasteiger charge is -2.23. The number of aryl methyl sites for hydroxylation is 1. The van der Waals surface area contributed by atoms with Crippen molar-refractivity contribution < 1.29 is 9.53 Å². The third kappa shape index (κ3) is 4.07. The molecule has 132 valence electrons. The molecule has 1 aliphatic heterocycles. The second-order valence-electron chi connectivity index (χ2n) is 6.15. The zero-order chi connectivity index (χ0) is 17.6. The van der Waals surface area contributed by atoms with Crippen LogP contribution in [0.5, 0.6) is 5.75 Å². The summed E-state index contributed by atoms with van der Waals surface area (Å²) in [5.74, 6) is 1.54. The molecule has 1 aromatic carbocycles. The molecule has 1 N–H and O–H groups in total. The van der Waals surface area contributed by atoms with E-state index in [-0.39, 0.29) is 11.9 Å². The summed E-state index contributed by atoms with van der Waals surface area (Å²) in [6.45, 7) is 5.95. The fourth-order valence-electron chi connectivity index (χ4n) is 3.16. The molecule has 0 aliphatic carbocycles. The van der Waals surface area contributed by atoms with Crippen LogP contribution in [0.2, 0.25) is 0 Å². The Morgan fingerprint density at radius 2 is 2.16 bits per heavy atom. The van der Waals surface area contributed by atoms with E-state index in [4.69, 9.17) is 4.74 Å². The SMILES string of the molecule is CCOc1ccc(CNC(=O)[C@@H]2CCCN2c2ncccn2)cc1C. The highest BCUT2D eigenvalue weighted by Crippen LogP contribution is 2.22. The average Bonchev–Trinajstić information content (AvgIpc) is 3.12. The number of nitrogens with zero attached hydrogens (tertiary/aromatic N) is 3. The summed E-state index contributed by atoms with van der Waals surface area (Å²) in [7, 11) is 0. The highest BCUT2D eigenvalue weighted by molar-refractivity contribution is 5.85. The van der Waals surface area contributed by atoms with E-state index in [2.05, 4.69) is 21.4 Å². The van der Waals surface area contributed by atoms with Gasteiger partial charge >= 0.3 is 0 Å². The second-order valence-corrected chi connectivity index (χ2v) is 6.15. The summed E-state index contributed by atoms with van der Waals surface area (Å²) in [4.78, 5) is 23.2. The Balaban J connectivity index is 1.61. The maximum absolute atomic E-state index is 12.6. The summed E-state index contributed by atoms with van der Waals surface area (Å²) in [6, 6.07) is 7.58. The van der Waals surface area contributed by atoms with E-state index in [0.717, 1.165) is 36.3 Å². The maximum Gasteiger partial charge on any atom is 0.243 e. The molecule has 0 bridgehead atoms. The number of hydrogen-bond donors (Lipinski definition) is 1. The molecule has 0 unspecified atom stereocenters. The zero-order valence-electron chi connectivity index (χ0n) is 14.7. The van der Waals surface area contributed by atoms with Crippen molar-refractivity contribution in [1.82, 2.24) is 15.3 Å². The highest BCUT2D eigenvalue weighted by atomic mass is 16.5. The first-order valence-electron chi connectivity index (χ1n) is 8.72. The highest BCUT2D eigenvalue weighted by Gasteiger charge is 2.32. The van der Waals surface area contributed by atoms with Crippen molar-refractivity contribution >= 4 is 11.9 Å². The number of ether oxygens (including phenoxy) is 1. The summed E-state index contributed by atoms with van der Waals surface area (Å²) >= 11 is 0. The molecule has 6 heteroatoms. The van der Waals surface area contributed by atoms with Gasteiger partial charge in [-0.1, -0.05) is 12.1 Å². The molecular formula is C19H24N4O2. The minimum absolute atomic E-state index is 0.0245. The molecule has 0 radical (unpaired) electrons. The Kier molecular flexibility index (Phi) is 5.48. The lowest BCUT2D eigenvalue weighted by atomic mass is 10.1. The van der Waals surface area contributed by atoms with Crippen molar-refractivity contribution in [3.05, 3.63) is 47.8 Å². The van der Waals surface area contributed by atoms with E-state index in [9.17, 15) is 4.79 Å². The molecule has 2 heterocycles. The van der Waals surface area contributed by atoms with Gasteiger partial charge < -0.3 is 15.0 Å². The standard InChI is InChI=1S/C19H24N4O2/c1-3-25-17-8-7-15(12-14(17)2)13-22-18(24)16-6-4-11-23(16)19-20-9-5-10-21-19/h5,7-10,12,16H,3-4,6,11,13H2,1-2H3,(H,22,24)/t16-/m0/s1. The Bertz CT molecular complexity index is 721. The van der Waals surface area contributed by atoms with E-state index in [1.165, 1.54) is 0 Å². The molecule has 6 nitrogen and oxygen atoms in total. The molecule has 1 atom stereocenters. The van der Waals surface area contributed by atoms with Gasteiger partial charge in [0.1, 0.15) is 11.8 Å². The second kappa shape index (κ2) is 7.96. The molecule has 2 aromatic rings. The van der Waals surface area contributed by atoms with Gasteiger partial charge in [-0.15, -0.1) is 0 Å². The number of aromatic nitrogens is 2. The van der Waals surface area contributed by atoms with Crippen molar-refractivity contribution in [2.75, 3.05) is 18.1 Å². The van der Waals surface area contributed by atoms with Crippen LogP contribution in [-0.4, -0.2) is 35.1 Å². The first-order valence-corrected chi connectivity index (χ1v) is 8.72. The third-order valence-corrected chi connectivity index (χ3v) is 4.37. The lowest BCUT2D eigenvalue weighted by molar-refractivity contribution is -0.122. The molecule has 1 amide bonds. The molecule has 1 fully saturated rings. The number of amides is 1. The van der Waals surface area contributed by atoms with Gasteiger partial charge in [0.25, 0.3) is 0 Å². The number of nitrogens with one attached hydrogen (secondary N) is 1. The monoisotopic (exact) mass is 340 g/mol. The Labute approximate surface area is 148 Å². The number of rotatable bonds is 6. The van der Waals surface area contributed by atoms with E-state index in [0.29, 0.717) is 19.1 Å². The minimum atomic E-state index is -0.203. The van der Waals surface area contributed by atoms with Gasteiger partial charge in [0.05, 0.1) is 6.61 Å². The molecule has 1 saturated heterocycles. The summed E-state index contributed by atoms with van der Waals surface area (Å²) < 4.78 is 5.55. The molecule has 1 aromatic heterocycles. The summed E-state index contributed by atoms with van der Waals surface area (Å²) in [6.07, 6.45) is 5.21. The van der Waals surface area contributed by atoms with Crippen LogP contribution in [0.1, 0.15) is 30.9 Å². The number of carbonyl (C=O) groups excluding carboxylic acids is 1. The van der Waals surface area contributed by atoms with E-state index in [1.54, 1.807) is 18.5 Å². The van der Waals surface area contributed by atoms with Crippen molar-refractivity contribution in [2.45, 2.75) is 39.3 Å². The van der Waals surface area contributed by atoms with Gasteiger partial charge in [-0.3, -0.25) is 4.79 Å². The van der Waals surface area contributed by atoms with Crippen LogP contribution in [0.3, 0.4) is 0 Å². The number of benzene rings is 1. The smallest absolute Gasteiger partial charge is 0.243 e. The predicted octanol–water partition coefficient (Wildman–Crippen LogP) is 2.47. The van der Waals surface area contributed by atoms with Crippen LogP contribution in [-0.2, 0) is 11.3 Å². The number of carbonyl (C=O) groups is 1. The van der Waals surface area contributed by atoms with Gasteiger partial charge in [-0.25, -0.2) is 9.97 Å². The van der Waals surface area contributed by atoms with Gasteiger partial charge in [-0.2, -0.15) is 0 Å². The van der Waals surface area contributed by atoms with Gasteiger partial charge in [0.15, 0.2) is 0 Å². The van der Waals surface area contributed by atoms with Crippen LogP contribution < -0.4 is 15.0 Å². The topological polar surface area (TPSA) is 67.3 Å². The summed E-state index contributed by atoms with van der Waals surface area (Å²) in [5, 5.41) is 3.04. The average molecular weight is 340 g/mol. The Morgan fingerprint density at radius 1 is 1.36 bits per heavy atom. The van der Waals surface area contributed by atoms with Crippen LogP contribution in [0.4, 0.5) is 5.95 Å². The van der Waals surface area contributed by atoms with E-state index in [1.807, 2.05) is 30.9 Å². The fraction of sp³-hybridized carbons (Fsp3) is 0.421. The fourth-order valence-corrected chi connectivity index (χ4v) is 3.16. The van der Waals surface area contributed by atoms with Crippen LogP contribution in [0.25, 0.3) is 0 Å². The normalized spacial score (nSPS) is 16.7. The van der Waals surface area contributed by atoms with Crippen LogP contribution in [0, 0.1) is 6.92 Å². The first-order chi connectivity index (χ1) is 12.2. The van der Waals surface area contributed by atoms with Crippen molar-refractivity contribution in [2.24, 2.45) is 0 Å². The van der Waals surface area contributed by atoms with Crippen molar-refractivity contribution in [3.8, 4) is 5.75 Å². The largest absolute Gasteiger partial charge is 0.494 e. The number of anilines is 1. The zero-order valence-corrected chi connectivity index (χ0v) is 14.7. The third-order valence-electron chi connectivity index (χ3n) is 4.37. The Hall–Kier alpha value is -2.63. The van der Waals surface area contributed by atoms with Gasteiger partial charge in [0.2, 0.25) is 11.9 Å². The van der Waals surface area contributed by atoms with E-state index >= 15 is 0 Å². The van der Waals surface area contributed by atoms with Crippen LogP contribution in [0.15, 0.2) is 36.7 Å². The lowest BCUT2D eigenvalue weighted by Crippen LogP contribution is -2.43. The first kappa shape index (κ1) is 17.2. The quantitative estimate of drug-likeness (QED) is 0.875. The maximum atomic E-state index is 12.6. The molecule has 3 rings (SSSR count). The molecular weight excluding hydrogens is 316 g/mol. The minimum Gasteiger partial charge on any atom is -0.494 e. The molecule has 25 heavy (non-hydrogen) atoms.